The number of nitrogens with one attached hydrogen (secondary N) is 5. The third-order valence-corrected chi connectivity index (χ3v) is 13.8. The van der Waals surface area contributed by atoms with Crippen LogP contribution < -0.4 is 46.4 Å². The van der Waals surface area contributed by atoms with Crippen molar-refractivity contribution in [2.75, 3.05) is 73.5 Å². The van der Waals surface area contributed by atoms with Crippen molar-refractivity contribution in [3.63, 3.8) is 0 Å². The average molecular weight is 959 g/mol. The smallest absolute Gasteiger partial charge is 0.234 e. The number of carbonyl (C=O) groups is 3. The van der Waals surface area contributed by atoms with Gasteiger partial charge < -0.3 is 35.8 Å². The fourth-order valence-corrected chi connectivity index (χ4v) is 9.94. The zero-order chi connectivity index (χ0) is 44.9. The molecule has 2 unspecified atom stereocenters. The van der Waals surface area contributed by atoms with E-state index in [0.29, 0.717) is 74.9 Å². The molecule has 15 nitrogen and oxygen atoms in total. The predicted molar refractivity (Wildman–Crippen MR) is 250 cm³/mol. The summed E-state index contributed by atoms with van der Waals surface area (Å²) >= 11 is 3.61. The van der Waals surface area contributed by atoms with Crippen LogP contribution in [-0.4, -0.2) is 96.7 Å². The van der Waals surface area contributed by atoms with Gasteiger partial charge >= 0.3 is 0 Å². The lowest BCUT2D eigenvalue weighted by Gasteiger charge is -2.35. The van der Waals surface area contributed by atoms with Gasteiger partial charge in [-0.1, -0.05) is 15.5 Å². The van der Waals surface area contributed by atoms with Gasteiger partial charge in [0.05, 0.1) is 40.1 Å². The van der Waals surface area contributed by atoms with Gasteiger partial charge in [-0.25, -0.2) is 13.8 Å². The van der Waals surface area contributed by atoms with Gasteiger partial charge in [-0.2, -0.15) is 4.98 Å². The third-order valence-electron chi connectivity index (χ3n) is 12.2. The monoisotopic (exact) mass is 957 g/mol. The molecule has 5 heterocycles. The van der Waals surface area contributed by atoms with Crippen LogP contribution in [-0.2, 0) is 20.8 Å². The van der Waals surface area contributed by atoms with Crippen LogP contribution in [0.25, 0.3) is 11.0 Å². The van der Waals surface area contributed by atoms with E-state index in [0.717, 1.165) is 65.8 Å². The molecule has 5 N–H and O–H groups in total. The highest BCUT2D eigenvalue weighted by Crippen LogP contribution is 2.38. The van der Waals surface area contributed by atoms with Crippen molar-refractivity contribution >= 4 is 93.1 Å². The van der Waals surface area contributed by atoms with Crippen LogP contribution in [0.4, 0.5) is 43.3 Å². The molecule has 3 aliphatic heterocycles. The Morgan fingerprint density at radius 3 is 2.45 bits per heavy atom. The molecule has 0 saturated carbocycles. The molecule has 0 spiro atoms. The summed E-state index contributed by atoms with van der Waals surface area (Å²) in [6.07, 6.45) is 8.42. The molecule has 3 aliphatic rings. The number of piperidine rings is 2. The fraction of sp³-hybridized carbons (Fsp3) is 0.400. The zero-order valence-electron chi connectivity index (χ0n) is 35.9. The second-order valence-corrected chi connectivity index (χ2v) is 18.0. The maximum Gasteiger partial charge on any atom is 0.234 e. The van der Waals surface area contributed by atoms with E-state index in [1.807, 2.05) is 12.1 Å². The van der Waals surface area contributed by atoms with E-state index >= 15 is 8.78 Å². The Kier molecular flexibility index (Phi) is 14.1. The highest BCUT2D eigenvalue weighted by atomic mass is 79.9. The molecule has 8 rings (SSSR count). The molecule has 3 fully saturated rings. The number of methoxy groups -OCH3 is 1. The van der Waals surface area contributed by atoms with Crippen LogP contribution >= 0.6 is 24.5 Å². The minimum atomic E-state index is -1.06. The average Bonchev–Trinajstić information content (AvgIpc) is 3.80. The van der Waals surface area contributed by atoms with Crippen LogP contribution in [0.15, 0.2) is 59.5 Å². The number of aromatic nitrogens is 4. The molecule has 2 aromatic heterocycles. The fourth-order valence-electron chi connectivity index (χ4n) is 8.81. The Hall–Kier alpha value is -5.58. The number of carbonyl (C=O) groups excluding carboxylic acids is 3. The SMILES string of the molecule is CCc1cc(Nc2ncc(Br)c(Nc3ccc4nccnc4c3PC)n2)c(OC)cc1N1CCC(NCCNC(=O)[C@@H]2CCN(c3cc(F)c(C4CCC(=O)NC4=O)c(F)c3)C2)CC1. The van der Waals surface area contributed by atoms with E-state index in [2.05, 4.69) is 88.1 Å². The number of ether oxygens (including phenoxy) is 1. The molecule has 3 saturated heterocycles. The summed E-state index contributed by atoms with van der Waals surface area (Å²) in [5.41, 5.74) is 5.67. The van der Waals surface area contributed by atoms with Crippen molar-refractivity contribution < 1.29 is 27.9 Å². The lowest BCUT2D eigenvalue weighted by molar-refractivity contribution is -0.134. The summed E-state index contributed by atoms with van der Waals surface area (Å²) in [5.74, 6) is -2.57. The maximum atomic E-state index is 15.2. The summed E-state index contributed by atoms with van der Waals surface area (Å²) < 4.78 is 36.9. The minimum absolute atomic E-state index is 0.0249. The molecule has 3 amide bonds. The highest BCUT2D eigenvalue weighted by Gasteiger charge is 2.34. The van der Waals surface area contributed by atoms with Crippen molar-refractivity contribution in [3.8, 4) is 5.75 Å². The number of rotatable bonds is 15. The standard InChI is InChI=1S/C45H51BrF2N11O4P/c1-4-25-19-35(55-45-53-23-30(46)42(57-45)54-34-7-6-33-40(41(34)64-3)51-14-13-50-33)37(63-2)22-36(25)58-17-10-27(11-18-58)49-12-15-52-43(61)26-9-16-59(24-26)28-20-31(47)39(32(48)21-28)29-5-8-38(60)56-44(29)62/h6-7,13-14,19-23,26-27,29,49,64H,4-5,8-12,15-18,24H2,1-3H3,(H,52,61)(H,56,60,62)(H2,53,54,55,57)/t26-,29?/m1/s1. The molecule has 64 heavy (non-hydrogen) atoms. The number of fused-ring (bicyclic) bond motifs is 1. The van der Waals surface area contributed by atoms with E-state index in [1.165, 1.54) is 17.7 Å². The topological polar surface area (TPSA) is 179 Å². The lowest BCUT2D eigenvalue weighted by atomic mass is 9.89. The first kappa shape index (κ1) is 45.0. The normalized spacial score (nSPS) is 18.2. The highest BCUT2D eigenvalue weighted by molar-refractivity contribution is 9.10. The van der Waals surface area contributed by atoms with Gasteiger partial charge in [0, 0.05) is 104 Å². The van der Waals surface area contributed by atoms with E-state index in [-0.39, 0.29) is 30.2 Å². The number of halogens is 3. The van der Waals surface area contributed by atoms with E-state index < -0.39 is 29.4 Å². The largest absolute Gasteiger partial charge is 0.494 e. The third kappa shape index (κ3) is 9.88. The first-order chi connectivity index (χ1) is 31.0. The second kappa shape index (κ2) is 20.1. The number of imide groups is 1. The molecule has 0 bridgehead atoms. The molecule has 19 heteroatoms. The molecular weight excluding hydrogens is 907 g/mol. The quantitative estimate of drug-likeness (QED) is 0.0458. The van der Waals surface area contributed by atoms with Crippen molar-refractivity contribution in [2.45, 2.75) is 57.4 Å². The molecule has 5 aromatic rings. The van der Waals surface area contributed by atoms with Crippen LogP contribution in [0.5, 0.6) is 5.75 Å². The molecule has 3 atom stereocenters. The van der Waals surface area contributed by atoms with Crippen LogP contribution in [0.1, 0.15) is 56.1 Å². The Balaban J connectivity index is 0.815. The number of hydrogen-bond acceptors (Lipinski definition) is 13. The first-order valence-electron chi connectivity index (χ1n) is 21.6. The zero-order valence-corrected chi connectivity index (χ0v) is 38.4. The number of nitrogens with zero attached hydrogens (tertiary/aromatic N) is 6. The van der Waals surface area contributed by atoms with Crippen LogP contribution in [0.2, 0.25) is 0 Å². The van der Waals surface area contributed by atoms with Crippen molar-refractivity contribution in [2.24, 2.45) is 5.92 Å². The molecule has 336 valence electrons. The van der Waals surface area contributed by atoms with Gasteiger partial charge in [0.2, 0.25) is 23.7 Å². The number of benzene rings is 3. The maximum absolute atomic E-state index is 15.2. The van der Waals surface area contributed by atoms with Crippen molar-refractivity contribution in [1.82, 2.24) is 35.9 Å². The van der Waals surface area contributed by atoms with E-state index in [1.54, 1.807) is 30.6 Å². The van der Waals surface area contributed by atoms with Gasteiger partial charge in [0.25, 0.3) is 0 Å². The van der Waals surface area contributed by atoms with Gasteiger partial charge in [-0.05, 0) is 90.6 Å². The van der Waals surface area contributed by atoms with Crippen LogP contribution in [0.3, 0.4) is 0 Å². The molecule has 0 radical (unpaired) electrons. The summed E-state index contributed by atoms with van der Waals surface area (Å²) in [7, 11) is 2.15. The van der Waals surface area contributed by atoms with E-state index in [9.17, 15) is 14.4 Å². The molecule has 0 aliphatic carbocycles. The number of hydrogen-bond donors (Lipinski definition) is 5. The Morgan fingerprint density at radius 2 is 1.72 bits per heavy atom. The van der Waals surface area contributed by atoms with Gasteiger partial charge in [-0.15, -0.1) is 0 Å². The second-order valence-electron chi connectivity index (χ2n) is 16.1. The lowest BCUT2D eigenvalue weighted by Crippen LogP contribution is -2.45. The number of anilines is 6. The van der Waals surface area contributed by atoms with Crippen molar-refractivity contribution in [3.05, 3.63) is 82.2 Å². The summed E-state index contributed by atoms with van der Waals surface area (Å²) in [6, 6.07) is 10.9. The predicted octanol–water partition coefficient (Wildman–Crippen LogP) is 6.17. The summed E-state index contributed by atoms with van der Waals surface area (Å²) in [5, 5.41) is 16.7. The Labute approximate surface area is 380 Å². The number of aryl methyl sites for hydroxylation is 1. The van der Waals surface area contributed by atoms with Crippen molar-refractivity contribution in [1.29, 1.82) is 0 Å². The van der Waals surface area contributed by atoms with Gasteiger partial charge in [-0.3, -0.25) is 29.7 Å². The summed E-state index contributed by atoms with van der Waals surface area (Å²) in [6.45, 7) is 7.84. The van der Waals surface area contributed by atoms with Crippen LogP contribution in [0, 0.1) is 17.6 Å². The molecular formula is C45H51BrF2N11O4P. The van der Waals surface area contributed by atoms with Gasteiger partial charge in [0.15, 0.2) is 0 Å². The first-order valence-corrected chi connectivity index (χ1v) is 23.8. The number of amides is 3. The summed E-state index contributed by atoms with van der Waals surface area (Å²) in [4.78, 5) is 59.5. The van der Waals surface area contributed by atoms with E-state index in [4.69, 9.17) is 9.72 Å². The minimum Gasteiger partial charge on any atom is -0.494 e. The Bertz CT molecular complexity index is 2540. The Morgan fingerprint density at radius 1 is 0.953 bits per heavy atom. The molecule has 3 aromatic carbocycles. The van der Waals surface area contributed by atoms with Gasteiger partial charge in [0.1, 0.15) is 23.2 Å².